The number of aryl methyl sites for hydroxylation is 1. The predicted octanol–water partition coefficient (Wildman–Crippen LogP) is 5.34. The smallest absolute Gasteiger partial charge is 0.305 e. The van der Waals surface area contributed by atoms with Crippen LogP contribution in [0.25, 0.3) is 0 Å². The highest BCUT2D eigenvalue weighted by Crippen LogP contribution is 2.60. The molecule has 0 bridgehead atoms. The fraction of sp³-hybridized carbons (Fsp3) is 0.438. The van der Waals surface area contributed by atoms with Gasteiger partial charge in [0, 0.05) is 5.56 Å². The average Bonchev–Trinajstić information content (AvgIpc) is 2.53. The molecule has 0 aromatic heterocycles. The monoisotopic (exact) mass is 374 g/mol. The van der Waals surface area contributed by atoms with Gasteiger partial charge >= 0.3 is 7.60 Å². The van der Waals surface area contributed by atoms with Gasteiger partial charge < -0.3 is 9.05 Å². The number of Topliss-reactive ketones (excluding diaryl/α,β-unsaturated/α-hetero) is 1. The van der Waals surface area contributed by atoms with Gasteiger partial charge in [0.05, 0.1) is 17.5 Å². The molecule has 1 aromatic carbocycles. The van der Waals surface area contributed by atoms with Gasteiger partial charge in [-0.1, -0.05) is 29.8 Å². The molecule has 0 unspecified atom stereocenters. The summed E-state index contributed by atoms with van der Waals surface area (Å²) in [6, 6.07) is 7.18. The first kappa shape index (κ1) is 20.5. The molecule has 23 heavy (non-hydrogen) atoms. The van der Waals surface area contributed by atoms with Crippen molar-refractivity contribution in [2.24, 2.45) is 0 Å². The molecule has 0 amide bonds. The molecule has 0 spiro atoms. The molecule has 0 aliphatic heterocycles. The van der Waals surface area contributed by atoms with Crippen LogP contribution < -0.4 is 0 Å². The molecule has 0 saturated heterocycles. The van der Waals surface area contributed by atoms with E-state index in [4.69, 9.17) is 9.05 Å². The predicted molar refractivity (Wildman–Crippen MR) is 100 cm³/mol. The number of rotatable bonds is 9. The highest BCUT2D eigenvalue weighted by molar-refractivity contribution is 8.22. The molecular formula is C16H23O4PS2. The van der Waals surface area contributed by atoms with Crippen LogP contribution in [0.3, 0.4) is 0 Å². The zero-order valence-corrected chi connectivity index (χ0v) is 16.6. The lowest BCUT2D eigenvalue weighted by Crippen LogP contribution is -2.10. The number of hydrogen-bond acceptors (Lipinski definition) is 6. The third-order valence-electron chi connectivity index (χ3n) is 2.96. The number of hydrogen-bond donors (Lipinski definition) is 0. The number of allylic oxidation sites excluding steroid dienone is 1. The van der Waals surface area contributed by atoms with Crippen LogP contribution >= 0.6 is 31.1 Å². The lowest BCUT2D eigenvalue weighted by molar-refractivity contribution is 0.103. The third-order valence-corrected chi connectivity index (χ3v) is 7.59. The molecule has 4 nitrogen and oxygen atoms in total. The summed E-state index contributed by atoms with van der Waals surface area (Å²) in [7, 11) is -3.66. The Morgan fingerprint density at radius 2 is 1.52 bits per heavy atom. The SMILES string of the molecule is CCOP(=O)(OCC)C(C(=O)c1ccc(C)cc1)=C(SC)SC. The topological polar surface area (TPSA) is 52.6 Å². The molecule has 0 radical (unpaired) electrons. The van der Waals surface area contributed by atoms with Crippen LogP contribution in [0.5, 0.6) is 0 Å². The maximum atomic E-state index is 13.2. The van der Waals surface area contributed by atoms with Crippen molar-refractivity contribution < 1.29 is 18.4 Å². The maximum absolute atomic E-state index is 13.2. The standard InChI is InChI=1S/C16H23O4PS2/c1-6-19-21(18,20-7-2)15(16(22-4)23-5)14(17)13-10-8-12(3)9-11-13/h8-11H,6-7H2,1-5H3. The largest absolute Gasteiger partial charge is 0.366 e. The number of thioether (sulfide) groups is 2. The van der Waals surface area contributed by atoms with Gasteiger partial charge in [-0.15, -0.1) is 23.5 Å². The van der Waals surface area contributed by atoms with Crippen molar-refractivity contribution in [3.05, 3.63) is 44.9 Å². The van der Waals surface area contributed by atoms with Gasteiger partial charge in [-0.2, -0.15) is 0 Å². The second-order valence-corrected chi connectivity index (χ2v) is 8.42. The van der Waals surface area contributed by atoms with E-state index in [0.717, 1.165) is 5.56 Å². The molecule has 128 valence electrons. The Bertz CT molecular complexity index is 595. The van der Waals surface area contributed by atoms with Crippen LogP contribution in [0, 0.1) is 6.92 Å². The molecule has 0 heterocycles. The van der Waals surface area contributed by atoms with Gasteiger partial charge in [-0.25, -0.2) is 0 Å². The summed E-state index contributed by atoms with van der Waals surface area (Å²) in [5, 5.41) is 0.130. The minimum atomic E-state index is -3.66. The summed E-state index contributed by atoms with van der Waals surface area (Å²) < 4.78 is 24.7. The van der Waals surface area contributed by atoms with Crippen LogP contribution in [0.1, 0.15) is 29.8 Å². The first-order chi connectivity index (χ1) is 10.9. The Hall–Kier alpha value is -0.520. The van der Waals surface area contributed by atoms with Crippen LogP contribution in [0.15, 0.2) is 33.8 Å². The first-order valence-electron chi connectivity index (χ1n) is 7.26. The van der Waals surface area contributed by atoms with E-state index in [1.807, 2.05) is 31.6 Å². The molecular weight excluding hydrogens is 351 g/mol. The first-order valence-corrected chi connectivity index (χ1v) is 11.3. The number of benzene rings is 1. The van der Waals surface area contributed by atoms with Gasteiger partial charge in [-0.3, -0.25) is 9.36 Å². The van der Waals surface area contributed by atoms with Gasteiger partial charge in [0.25, 0.3) is 0 Å². The lowest BCUT2D eigenvalue weighted by atomic mass is 10.1. The maximum Gasteiger partial charge on any atom is 0.366 e. The van der Waals surface area contributed by atoms with Gasteiger partial charge in [-0.05, 0) is 33.3 Å². The summed E-state index contributed by atoms with van der Waals surface area (Å²) in [4.78, 5) is 13.0. The van der Waals surface area contributed by atoms with Crippen LogP contribution in [0.2, 0.25) is 0 Å². The van der Waals surface area contributed by atoms with Crippen molar-refractivity contribution >= 4 is 36.9 Å². The Morgan fingerprint density at radius 1 is 1.04 bits per heavy atom. The molecule has 0 aliphatic rings. The number of ketones is 1. The Kier molecular flexibility index (Phi) is 8.65. The molecule has 0 saturated carbocycles. The van der Waals surface area contributed by atoms with E-state index in [1.54, 1.807) is 26.0 Å². The van der Waals surface area contributed by atoms with E-state index in [0.29, 0.717) is 9.80 Å². The van der Waals surface area contributed by atoms with Crippen LogP contribution in [-0.4, -0.2) is 31.5 Å². The second kappa shape index (κ2) is 9.70. The summed E-state index contributed by atoms with van der Waals surface area (Å²) in [6.07, 6.45) is 3.69. The van der Waals surface area contributed by atoms with E-state index < -0.39 is 7.60 Å². The molecule has 7 heteroatoms. The Balaban J connectivity index is 3.47. The average molecular weight is 374 g/mol. The van der Waals surface area contributed by atoms with E-state index in [2.05, 4.69) is 0 Å². The van der Waals surface area contributed by atoms with Gasteiger partial charge in [0.15, 0.2) is 0 Å². The van der Waals surface area contributed by atoms with Gasteiger partial charge in [0.1, 0.15) is 5.31 Å². The van der Waals surface area contributed by atoms with Crippen LogP contribution in [-0.2, 0) is 13.6 Å². The second-order valence-electron chi connectivity index (χ2n) is 4.57. The van der Waals surface area contributed by atoms with Crippen molar-refractivity contribution in [1.82, 2.24) is 0 Å². The quantitative estimate of drug-likeness (QED) is 0.330. The van der Waals surface area contributed by atoms with Crippen molar-refractivity contribution in [3.63, 3.8) is 0 Å². The van der Waals surface area contributed by atoms with Crippen molar-refractivity contribution in [3.8, 4) is 0 Å². The van der Waals surface area contributed by atoms with Crippen molar-refractivity contribution in [2.45, 2.75) is 20.8 Å². The Labute approximate surface area is 146 Å². The normalized spacial score (nSPS) is 11.3. The summed E-state index contributed by atoms with van der Waals surface area (Å²) in [5.74, 6) is -0.311. The molecule has 0 aliphatic carbocycles. The number of carbonyl (C=O) groups is 1. The molecule has 1 rings (SSSR count). The van der Waals surface area contributed by atoms with Crippen LogP contribution in [0.4, 0.5) is 0 Å². The summed E-state index contributed by atoms with van der Waals surface area (Å²) in [5.41, 5.74) is 1.53. The van der Waals surface area contributed by atoms with E-state index >= 15 is 0 Å². The molecule has 0 fully saturated rings. The molecule has 0 N–H and O–H groups in total. The van der Waals surface area contributed by atoms with E-state index in [9.17, 15) is 9.36 Å². The van der Waals surface area contributed by atoms with E-state index in [-0.39, 0.29) is 24.3 Å². The summed E-state index contributed by atoms with van der Waals surface area (Å²) in [6.45, 7) is 5.83. The summed E-state index contributed by atoms with van der Waals surface area (Å²) >= 11 is 2.74. The Morgan fingerprint density at radius 3 is 1.91 bits per heavy atom. The highest BCUT2D eigenvalue weighted by Gasteiger charge is 2.38. The number of carbonyl (C=O) groups excluding carboxylic acids is 1. The van der Waals surface area contributed by atoms with E-state index in [1.165, 1.54) is 23.5 Å². The van der Waals surface area contributed by atoms with Crippen molar-refractivity contribution in [1.29, 1.82) is 0 Å². The van der Waals surface area contributed by atoms with Gasteiger partial charge in [0.2, 0.25) is 5.78 Å². The zero-order valence-electron chi connectivity index (χ0n) is 14.1. The fourth-order valence-corrected chi connectivity index (χ4v) is 6.02. The molecule has 1 aromatic rings. The minimum Gasteiger partial charge on any atom is -0.305 e. The lowest BCUT2D eigenvalue weighted by Gasteiger charge is -2.21. The zero-order chi connectivity index (χ0) is 17.5. The van der Waals surface area contributed by atoms with Crippen molar-refractivity contribution in [2.75, 3.05) is 25.7 Å². The third kappa shape index (κ3) is 5.23. The minimum absolute atomic E-state index is 0.130. The molecule has 0 atom stereocenters. The highest BCUT2D eigenvalue weighted by atomic mass is 32.2. The fourth-order valence-electron chi connectivity index (χ4n) is 1.95.